The lowest BCUT2D eigenvalue weighted by Gasteiger charge is -2.17. The molecule has 126 valence electrons. The van der Waals surface area contributed by atoms with Crippen molar-refractivity contribution in [3.05, 3.63) is 47.2 Å². The number of aromatic nitrogens is 2. The summed E-state index contributed by atoms with van der Waals surface area (Å²) in [5.74, 6) is -0.0405. The zero-order valence-electron chi connectivity index (χ0n) is 13.4. The van der Waals surface area contributed by atoms with Crippen LogP contribution in [0.25, 0.3) is 0 Å². The molecule has 1 saturated heterocycles. The van der Waals surface area contributed by atoms with Crippen LogP contribution in [0.5, 0.6) is 0 Å². The van der Waals surface area contributed by atoms with Crippen LogP contribution in [-0.2, 0) is 23.1 Å². The maximum Gasteiger partial charge on any atom is 0.229 e. The summed E-state index contributed by atoms with van der Waals surface area (Å²) in [6.45, 7) is 0.484. The van der Waals surface area contributed by atoms with Crippen LogP contribution in [-0.4, -0.2) is 34.2 Å². The van der Waals surface area contributed by atoms with Gasteiger partial charge >= 0.3 is 0 Å². The van der Waals surface area contributed by atoms with Crippen molar-refractivity contribution in [2.24, 2.45) is 7.05 Å². The summed E-state index contributed by atoms with van der Waals surface area (Å²) in [5, 5.41) is 7.66. The summed E-state index contributed by atoms with van der Waals surface area (Å²) in [4.78, 5) is 26.0. The summed E-state index contributed by atoms with van der Waals surface area (Å²) in [6.07, 6.45) is 3.04. The first-order valence-corrected chi connectivity index (χ1v) is 8.23. The topological polar surface area (TPSA) is 67.2 Å². The minimum atomic E-state index is -0.160. The Kier molecular flexibility index (Phi) is 4.85. The van der Waals surface area contributed by atoms with E-state index >= 15 is 0 Å². The number of anilines is 1. The van der Waals surface area contributed by atoms with E-state index in [0.29, 0.717) is 30.8 Å². The molecular weight excluding hydrogens is 328 g/mol. The molecule has 0 aliphatic carbocycles. The molecule has 2 amide bonds. The zero-order chi connectivity index (χ0) is 17.1. The molecule has 2 aromatic rings. The molecule has 1 atom stereocenters. The minimum absolute atomic E-state index is 0.00857. The molecule has 1 aromatic carbocycles. The van der Waals surface area contributed by atoms with E-state index in [4.69, 9.17) is 11.6 Å². The summed E-state index contributed by atoms with van der Waals surface area (Å²) in [7, 11) is 1.85. The van der Waals surface area contributed by atoms with Gasteiger partial charge in [-0.2, -0.15) is 5.10 Å². The van der Waals surface area contributed by atoms with Gasteiger partial charge in [-0.15, -0.1) is 0 Å². The number of amides is 2. The Bertz CT molecular complexity index is 741. The van der Waals surface area contributed by atoms with Gasteiger partial charge in [0, 0.05) is 49.0 Å². The third-order valence-corrected chi connectivity index (χ3v) is 4.41. The van der Waals surface area contributed by atoms with E-state index in [1.807, 2.05) is 25.2 Å². The monoisotopic (exact) mass is 346 g/mol. The maximum atomic E-state index is 12.2. The van der Waals surface area contributed by atoms with E-state index in [2.05, 4.69) is 10.4 Å². The average molecular weight is 347 g/mol. The second-order valence-corrected chi connectivity index (χ2v) is 6.33. The lowest BCUT2D eigenvalue weighted by molar-refractivity contribution is -0.121. The summed E-state index contributed by atoms with van der Waals surface area (Å²) in [5.41, 5.74) is 1.81. The largest absolute Gasteiger partial charge is 0.351 e. The predicted molar refractivity (Wildman–Crippen MR) is 91.9 cm³/mol. The molecule has 1 N–H and O–H groups in total. The molecule has 3 rings (SSSR count). The van der Waals surface area contributed by atoms with Crippen molar-refractivity contribution in [1.82, 2.24) is 15.1 Å². The Labute approximate surface area is 145 Å². The second kappa shape index (κ2) is 7.05. The van der Waals surface area contributed by atoms with Crippen LogP contribution in [0.2, 0.25) is 5.02 Å². The Morgan fingerprint density at radius 2 is 2.08 bits per heavy atom. The van der Waals surface area contributed by atoms with Crippen molar-refractivity contribution in [2.45, 2.75) is 25.3 Å². The molecule has 1 aliphatic heterocycles. The minimum Gasteiger partial charge on any atom is -0.351 e. The quantitative estimate of drug-likeness (QED) is 0.899. The summed E-state index contributed by atoms with van der Waals surface area (Å²) < 4.78 is 1.76. The maximum absolute atomic E-state index is 12.2. The number of aryl methyl sites for hydroxylation is 2. The summed E-state index contributed by atoms with van der Waals surface area (Å²) >= 11 is 5.87. The van der Waals surface area contributed by atoms with Crippen LogP contribution < -0.4 is 10.2 Å². The van der Waals surface area contributed by atoms with Crippen LogP contribution in [0.3, 0.4) is 0 Å². The molecule has 7 heteroatoms. The van der Waals surface area contributed by atoms with Crippen LogP contribution >= 0.6 is 11.6 Å². The second-order valence-electron chi connectivity index (χ2n) is 5.90. The average Bonchev–Trinajstić information content (AvgIpc) is 3.12. The molecule has 0 unspecified atom stereocenters. The van der Waals surface area contributed by atoms with Gasteiger partial charge in [-0.25, -0.2) is 0 Å². The Hall–Kier alpha value is -2.34. The zero-order valence-corrected chi connectivity index (χ0v) is 14.2. The fraction of sp³-hybridized carbons (Fsp3) is 0.353. The van der Waals surface area contributed by atoms with Crippen molar-refractivity contribution in [3.63, 3.8) is 0 Å². The number of carbonyl (C=O) groups is 2. The van der Waals surface area contributed by atoms with E-state index in [0.717, 1.165) is 11.4 Å². The number of rotatable bonds is 5. The lowest BCUT2D eigenvalue weighted by Crippen LogP contribution is -2.37. The highest BCUT2D eigenvalue weighted by Crippen LogP contribution is 2.23. The molecule has 0 spiro atoms. The van der Waals surface area contributed by atoms with Crippen molar-refractivity contribution in [1.29, 1.82) is 0 Å². The summed E-state index contributed by atoms with van der Waals surface area (Å²) in [6, 6.07) is 8.87. The number of carbonyl (C=O) groups excluding carboxylic acids is 2. The van der Waals surface area contributed by atoms with Crippen LogP contribution in [0.1, 0.15) is 18.5 Å². The predicted octanol–water partition coefficient (Wildman–Crippen LogP) is 1.93. The molecule has 0 radical (unpaired) electrons. The molecule has 0 saturated carbocycles. The first kappa shape index (κ1) is 16.5. The van der Waals surface area contributed by atoms with Gasteiger partial charge in [-0.1, -0.05) is 11.6 Å². The van der Waals surface area contributed by atoms with E-state index < -0.39 is 0 Å². The van der Waals surface area contributed by atoms with E-state index in [1.54, 1.807) is 27.9 Å². The molecule has 1 fully saturated rings. The van der Waals surface area contributed by atoms with Gasteiger partial charge in [0.05, 0.1) is 6.04 Å². The molecule has 1 aromatic heterocycles. The van der Waals surface area contributed by atoms with Gasteiger partial charge in [0.15, 0.2) is 0 Å². The highest BCUT2D eigenvalue weighted by molar-refractivity contribution is 6.30. The Balaban J connectivity index is 1.53. The third-order valence-electron chi connectivity index (χ3n) is 4.16. The van der Waals surface area contributed by atoms with Crippen LogP contribution in [0, 0.1) is 0 Å². The number of hydrogen-bond acceptors (Lipinski definition) is 3. The standard InChI is InChI=1S/C17H19ClN4O2/c1-21-14(8-9-19-21)6-7-16(23)20-13-10-17(24)22(11-13)15-4-2-12(18)3-5-15/h2-5,8-9,13H,6-7,10-11H2,1H3,(H,20,23)/t13-/m1/s1. The number of benzene rings is 1. The highest BCUT2D eigenvalue weighted by atomic mass is 35.5. The first-order valence-electron chi connectivity index (χ1n) is 7.85. The van der Waals surface area contributed by atoms with Gasteiger partial charge in [0.1, 0.15) is 0 Å². The number of nitrogens with one attached hydrogen (secondary N) is 1. The van der Waals surface area contributed by atoms with Crippen LogP contribution in [0.15, 0.2) is 36.5 Å². The van der Waals surface area contributed by atoms with E-state index in [1.165, 1.54) is 0 Å². The number of hydrogen-bond donors (Lipinski definition) is 1. The fourth-order valence-electron chi connectivity index (χ4n) is 2.86. The van der Waals surface area contributed by atoms with Gasteiger partial charge in [-0.3, -0.25) is 14.3 Å². The SMILES string of the molecule is Cn1nccc1CCC(=O)N[C@@H]1CC(=O)N(c2ccc(Cl)cc2)C1. The van der Waals surface area contributed by atoms with E-state index in [-0.39, 0.29) is 17.9 Å². The molecule has 1 aliphatic rings. The van der Waals surface area contributed by atoms with Gasteiger partial charge < -0.3 is 10.2 Å². The van der Waals surface area contributed by atoms with Crippen molar-refractivity contribution >= 4 is 29.1 Å². The molecule has 2 heterocycles. The van der Waals surface area contributed by atoms with Gasteiger partial charge in [0.25, 0.3) is 0 Å². The number of halogens is 1. The first-order chi connectivity index (χ1) is 11.5. The molecule has 6 nitrogen and oxygen atoms in total. The smallest absolute Gasteiger partial charge is 0.229 e. The molecule has 24 heavy (non-hydrogen) atoms. The normalized spacial score (nSPS) is 17.3. The van der Waals surface area contributed by atoms with Crippen LogP contribution in [0.4, 0.5) is 5.69 Å². The molecule has 0 bridgehead atoms. The van der Waals surface area contributed by atoms with Gasteiger partial charge in [-0.05, 0) is 36.8 Å². The lowest BCUT2D eigenvalue weighted by atomic mass is 10.2. The Morgan fingerprint density at radius 3 is 2.75 bits per heavy atom. The molecular formula is C17H19ClN4O2. The number of nitrogens with zero attached hydrogens (tertiary/aromatic N) is 3. The van der Waals surface area contributed by atoms with Gasteiger partial charge in [0.2, 0.25) is 11.8 Å². The Morgan fingerprint density at radius 1 is 1.33 bits per heavy atom. The van der Waals surface area contributed by atoms with Crippen molar-refractivity contribution in [3.8, 4) is 0 Å². The third kappa shape index (κ3) is 3.76. The van der Waals surface area contributed by atoms with Crippen molar-refractivity contribution in [2.75, 3.05) is 11.4 Å². The van der Waals surface area contributed by atoms with E-state index in [9.17, 15) is 9.59 Å². The highest BCUT2D eigenvalue weighted by Gasteiger charge is 2.31. The van der Waals surface area contributed by atoms with Crippen molar-refractivity contribution < 1.29 is 9.59 Å². The fourth-order valence-corrected chi connectivity index (χ4v) is 2.99.